The summed E-state index contributed by atoms with van der Waals surface area (Å²) in [6.07, 6.45) is 0. The van der Waals surface area contributed by atoms with Gasteiger partial charge in [-0.3, -0.25) is 9.59 Å². The molecule has 1 heterocycles. The number of carbonyl (C=O) groups excluding carboxylic acids is 2. The molecule has 172 valence electrons. The molecule has 0 bridgehead atoms. The number of ether oxygens (including phenoxy) is 1. The third-order valence-electron chi connectivity index (χ3n) is 5.27. The maximum atomic E-state index is 13.0. The van der Waals surface area contributed by atoms with E-state index in [1.54, 1.807) is 42.3 Å². The number of piperazine rings is 1. The quantitative estimate of drug-likeness (QED) is 0.608. The number of likely N-dealkylation sites (N-methyl/N-ethyl adjacent to an activating group) is 1. The van der Waals surface area contributed by atoms with E-state index in [4.69, 9.17) is 16.3 Å². The summed E-state index contributed by atoms with van der Waals surface area (Å²) in [7, 11) is -2.14. The molecule has 0 spiro atoms. The summed E-state index contributed by atoms with van der Waals surface area (Å²) in [6.45, 7) is 3.15. The highest BCUT2D eigenvalue weighted by Gasteiger charge is 2.29. The lowest BCUT2D eigenvalue weighted by molar-refractivity contribution is -0.129. The lowest BCUT2D eigenvalue weighted by Gasteiger charge is -2.33. The van der Waals surface area contributed by atoms with Crippen molar-refractivity contribution < 1.29 is 22.7 Å². The summed E-state index contributed by atoms with van der Waals surface area (Å²) in [4.78, 5) is 27.4. The number of rotatable bonds is 7. The molecule has 0 radical (unpaired) electrons. The van der Waals surface area contributed by atoms with Gasteiger partial charge in [-0.05, 0) is 30.3 Å². The molecule has 3 rings (SSSR count). The molecule has 32 heavy (non-hydrogen) atoms. The van der Waals surface area contributed by atoms with Crippen LogP contribution in [0.1, 0.15) is 17.3 Å². The number of sulfonamides is 1. The Bertz CT molecular complexity index is 1080. The van der Waals surface area contributed by atoms with Crippen LogP contribution in [0.2, 0.25) is 5.02 Å². The molecule has 0 N–H and O–H groups in total. The fourth-order valence-electron chi connectivity index (χ4n) is 3.36. The maximum Gasteiger partial charge on any atom is 0.253 e. The van der Waals surface area contributed by atoms with Crippen molar-refractivity contribution in [2.24, 2.45) is 0 Å². The van der Waals surface area contributed by atoms with E-state index >= 15 is 0 Å². The van der Waals surface area contributed by atoms with E-state index in [2.05, 4.69) is 0 Å². The van der Waals surface area contributed by atoms with Crippen molar-refractivity contribution >= 4 is 33.4 Å². The van der Waals surface area contributed by atoms with Crippen molar-refractivity contribution in [3.05, 3.63) is 59.1 Å². The normalized spacial score (nSPS) is 14.8. The van der Waals surface area contributed by atoms with E-state index in [9.17, 15) is 18.0 Å². The molecule has 0 aliphatic carbocycles. The van der Waals surface area contributed by atoms with Crippen LogP contribution in [-0.2, 0) is 14.8 Å². The van der Waals surface area contributed by atoms with Crippen LogP contribution in [0.25, 0.3) is 0 Å². The molecule has 8 nitrogen and oxygen atoms in total. The second-order valence-corrected chi connectivity index (χ2v) is 9.79. The molecule has 0 atom stereocenters. The molecule has 0 aromatic heterocycles. The first-order valence-electron chi connectivity index (χ1n) is 10.2. The molecule has 1 aliphatic rings. The van der Waals surface area contributed by atoms with E-state index < -0.39 is 10.0 Å². The Morgan fingerprint density at radius 3 is 2.41 bits per heavy atom. The van der Waals surface area contributed by atoms with Crippen LogP contribution in [0.3, 0.4) is 0 Å². The largest absolute Gasteiger partial charge is 0.490 e. The van der Waals surface area contributed by atoms with Gasteiger partial charge in [0.1, 0.15) is 12.4 Å². The van der Waals surface area contributed by atoms with Gasteiger partial charge in [-0.2, -0.15) is 4.31 Å². The number of carbonyl (C=O) groups is 2. The third-order valence-corrected chi connectivity index (χ3v) is 7.48. The second-order valence-electron chi connectivity index (χ2n) is 7.44. The summed E-state index contributed by atoms with van der Waals surface area (Å²) in [6, 6.07) is 13.1. The maximum absolute atomic E-state index is 13.0. The van der Waals surface area contributed by atoms with E-state index in [0.717, 1.165) is 0 Å². The summed E-state index contributed by atoms with van der Waals surface area (Å²) in [5, 5.41) is 0.489. The Kier molecular flexibility index (Phi) is 7.76. The molecule has 1 saturated heterocycles. The highest BCUT2D eigenvalue weighted by atomic mass is 35.5. The highest BCUT2D eigenvalue weighted by Crippen LogP contribution is 2.23. The fourth-order valence-corrected chi connectivity index (χ4v) is 5.02. The zero-order valence-corrected chi connectivity index (χ0v) is 19.6. The molecular weight excluding hydrogens is 454 g/mol. The van der Waals surface area contributed by atoms with Gasteiger partial charge >= 0.3 is 0 Å². The molecule has 0 saturated carbocycles. The Morgan fingerprint density at radius 2 is 1.75 bits per heavy atom. The second kappa shape index (κ2) is 10.3. The summed E-state index contributed by atoms with van der Waals surface area (Å²) in [5.41, 5.74) is 0.272. The van der Waals surface area contributed by atoms with E-state index in [1.165, 1.54) is 28.3 Å². The van der Waals surface area contributed by atoms with Gasteiger partial charge in [0.2, 0.25) is 15.9 Å². The number of benzene rings is 2. The van der Waals surface area contributed by atoms with Crippen LogP contribution in [0.4, 0.5) is 0 Å². The highest BCUT2D eigenvalue weighted by molar-refractivity contribution is 7.89. The Labute approximate surface area is 193 Å². The van der Waals surface area contributed by atoms with E-state index in [1.807, 2.05) is 6.07 Å². The van der Waals surface area contributed by atoms with Gasteiger partial charge in [-0.1, -0.05) is 29.8 Å². The van der Waals surface area contributed by atoms with Crippen LogP contribution in [0, 0.1) is 0 Å². The smallest absolute Gasteiger partial charge is 0.253 e. The summed E-state index contributed by atoms with van der Waals surface area (Å²) >= 11 is 6.06. The summed E-state index contributed by atoms with van der Waals surface area (Å²) in [5.74, 6) is 0.148. The molecule has 10 heteroatoms. The van der Waals surface area contributed by atoms with Crippen molar-refractivity contribution in [3.63, 3.8) is 0 Å². The van der Waals surface area contributed by atoms with Crippen molar-refractivity contribution in [3.8, 4) is 5.75 Å². The minimum absolute atomic E-state index is 0.0559. The average molecular weight is 480 g/mol. The van der Waals surface area contributed by atoms with Crippen LogP contribution in [-0.4, -0.2) is 80.7 Å². The molecule has 2 aromatic rings. The lowest BCUT2D eigenvalue weighted by Crippen LogP contribution is -2.49. The average Bonchev–Trinajstić information content (AvgIpc) is 2.80. The lowest BCUT2D eigenvalue weighted by atomic mass is 10.2. The van der Waals surface area contributed by atoms with E-state index in [-0.39, 0.29) is 42.0 Å². The van der Waals surface area contributed by atoms with Gasteiger partial charge in [0, 0.05) is 45.7 Å². The van der Waals surface area contributed by atoms with Crippen LogP contribution in [0.5, 0.6) is 5.75 Å². The predicted molar refractivity (Wildman–Crippen MR) is 121 cm³/mol. The van der Waals surface area contributed by atoms with Crippen molar-refractivity contribution in [1.82, 2.24) is 14.1 Å². The van der Waals surface area contributed by atoms with Gasteiger partial charge < -0.3 is 14.5 Å². The van der Waals surface area contributed by atoms with Gasteiger partial charge in [-0.25, -0.2) is 8.42 Å². The van der Waals surface area contributed by atoms with Crippen molar-refractivity contribution in [1.29, 1.82) is 0 Å². The van der Waals surface area contributed by atoms with Gasteiger partial charge in [0.15, 0.2) is 0 Å². The van der Waals surface area contributed by atoms with Crippen LogP contribution >= 0.6 is 11.6 Å². The standard InChI is InChI=1S/C22H26ClN3O5S/c1-17(27)25-10-12-26(13-11-25)32(29,30)19-7-5-6-18(16-19)22(28)24(2)14-15-31-21-9-4-3-8-20(21)23/h3-9,16H,10-15H2,1-2H3. The number of para-hydroxylation sites is 1. The SMILES string of the molecule is CC(=O)N1CCN(S(=O)(=O)c2cccc(C(=O)N(C)CCOc3ccccc3Cl)c2)CC1. The Hall–Kier alpha value is -2.62. The molecule has 2 aromatic carbocycles. The summed E-state index contributed by atoms with van der Waals surface area (Å²) < 4.78 is 33.0. The zero-order valence-electron chi connectivity index (χ0n) is 18.0. The topological polar surface area (TPSA) is 87.2 Å². The first kappa shape index (κ1) is 24.0. The molecular formula is C22H26ClN3O5S. The minimum Gasteiger partial charge on any atom is -0.490 e. The van der Waals surface area contributed by atoms with Gasteiger partial charge in [-0.15, -0.1) is 0 Å². The molecule has 1 aliphatic heterocycles. The number of hydrogen-bond donors (Lipinski definition) is 0. The number of amides is 2. The zero-order chi connectivity index (χ0) is 23.3. The first-order chi connectivity index (χ1) is 15.2. The first-order valence-corrected chi connectivity index (χ1v) is 12.0. The predicted octanol–water partition coefficient (Wildman–Crippen LogP) is 2.34. The van der Waals surface area contributed by atoms with Crippen LogP contribution < -0.4 is 4.74 Å². The number of hydrogen-bond acceptors (Lipinski definition) is 5. The monoisotopic (exact) mass is 479 g/mol. The minimum atomic E-state index is -3.77. The van der Waals surface area contributed by atoms with Crippen molar-refractivity contribution in [2.45, 2.75) is 11.8 Å². The van der Waals surface area contributed by atoms with Crippen LogP contribution in [0.15, 0.2) is 53.4 Å². The van der Waals surface area contributed by atoms with Crippen molar-refractivity contribution in [2.75, 3.05) is 46.4 Å². The molecule has 1 fully saturated rings. The Morgan fingerprint density at radius 1 is 1.06 bits per heavy atom. The van der Waals surface area contributed by atoms with Gasteiger partial charge in [0.25, 0.3) is 5.91 Å². The number of nitrogens with zero attached hydrogens (tertiary/aromatic N) is 3. The van der Waals surface area contributed by atoms with E-state index in [0.29, 0.717) is 30.4 Å². The molecule has 0 unspecified atom stereocenters. The number of halogens is 1. The Balaban J connectivity index is 1.63. The fraction of sp³-hybridized carbons (Fsp3) is 0.364. The van der Waals surface area contributed by atoms with Gasteiger partial charge in [0.05, 0.1) is 16.5 Å². The molecule has 2 amide bonds. The third kappa shape index (κ3) is 5.59.